The van der Waals surface area contributed by atoms with E-state index < -0.39 is 0 Å². The molecule has 35 heavy (non-hydrogen) atoms. The second-order valence-electron chi connectivity index (χ2n) is 8.71. The number of thiophene rings is 1. The van der Waals surface area contributed by atoms with Crippen molar-refractivity contribution >= 4 is 45.1 Å². The van der Waals surface area contributed by atoms with Crippen molar-refractivity contribution in [1.82, 2.24) is 14.5 Å². The number of esters is 1. The maximum atomic E-state index is 13.3. The Bertz CT molecular complexity index is 1450. The van der Waals surface area contributed by atoms with E-state index in [2.05, 4.69) is 4.98 Å². The molecule has 0 N–H and O–H groups in total. The topological polar surface area (TPSA) is 74.1 Å². The number of ether oxygens (including phenoxy) is 1. The lowest BCUT2D eigenvalue weighted by Crippen LogP contribution is -2.07. The Hall–Kier alpha value is -2.97. The van der Waals surface area contributed by atoms with Gasteiger partial charge >= 0.3 is 5.97 Å². The van der Waals surface area contributed by atoms with Crippen LogP contribution in [0.25, 0.3) is 15.9 Å². The van der Waals surface area contributed by atoms with Gasteiger partial charge in [0.1, 0.15) is 15.7 Å². The summed E-state index contributed by atoms with van der Waals surface area (Å²) in [5, 5.41) is 2.07. The number of hydrogen-bond donors (Lipinski definition) is 0. The van der Waals surface area contributed by atoms with E-state index in [4.69, 9.17) is 9.72 Å². The monoisotopic (exact) mass is 505 g/mol. The third-order valence-electron chi connectivity index (χ3n) is 6.35. The zero-order valence-electron chi connectivity index (χ0n) is 20.3. The van der Waals surface area contributed by atoms with Crippen LogP contribution in [0.5, 0.6) is 0 Å². The maximum absolute atomic E-state index is 13.3. The second kappa shape index (κ2) is 9.59. The third-order valence-corrected chi connectivity index (χ3v) is 8.51. The van der Waals surface area contributed by atoms with Gasteiger partial charge in [0.05, 0.1) is 17.9 Å². The van der Waals surface area contributed by atoms with Crippen LogP contribution >= 0.6 is 23.1 Å². The van der Waals surface area contributed by atoms with Gasteiger partial charge in [0.25, 0.3) is 0 Å². The lowest BCUT2D eigenvalue weighted by molar-refractivity contribution is 0.0526. The molecule has 0 aliphatic heterocycles. The van der Waals surface area contributed by atoms with Crippen LogP contribution in [0.4, 0.5) is 0 Å². The SMILES string of the molecule is CCOC(=O)c1ccc(-n2c(C)cc(C(=O)CSc3nc(C)nc4sc5c(c34)CCC5)c2C)cc1. The van der Waals surface area contributed by atoms with Gasteiger partial charge in [-0.15, -0.1) is 11.3 Å². The van der Waals surface area contributed by atoms with Crippen molar-refractivity contribution < 1.29 is 14.3 Å². The van der Waals surface area contributed by atoms with E-state index in [1.54, 1.807) is 30.4 Å². The van der Waals surface area contributed by atoms with Crippen LogP contribution in [0.3, 0.4) is 0 Å². The van der Waals surface area contributed by atoms with E-state index in [0.29, 0.717) is 23.5 Å². The number of hydrogen-bond acceptors (Lipinski definition) is 7. The van der Waals surface area contributed by atoms with E-state index in [-0.39, 0.29) is 11.8 Å². The molecule has 0 spiro atoms. The summed E-state index contributed by atoms with van der Waals surface area (Å²) in [6.45, 7) is 7.99. The van der Waals surface area contributed by atoms with E-state index in [9.17, 15) is 9.59 Å². The van der Waals surface area contributed by atoms with Gasteiger partial charge in [-0.1, -0.05) is 11.8 Å². The van der Waals surface area contributed by atoms with Gasteiger partial charge < -0.3 is 9.30 Å². The number of ketones is 1. The average Bonchev–Trinajstić information content (AvgIpc) is 3.50. The van der Waals surface area contributed by atoms with Crippen LogP contribution in [-0.4, -0.2) is 38.6 Å². The van der Waals surface area contributed by atoms with Crippen LogP contribution in [0.2, 0.25) is 0 Å². The Labute approximate surface area is 212 Å². The van der Waals surface area contributed by atoms with Crippen LogP contribution in [0.15, 0.2) is 35.4 Å². The van der Waals surface area contributed by atoms with Crippen molar-refractivity contribution in [3.8, 4) is 5.69 Å². The van der Waals surface area contributed by atoms with Gasteiger partial charge in [0.2, 0.25) is 0 Å². The number of aryl methyl sites for hydroxylation is 4. The number of carbonyl (C=O) groups excluding carboxylic acids is 2. The van der Waals surface area contributed by atoms with Gasteiger partial charge in [-0.3, -0.25) is 4.79 Å². The fraction of sp³-hybridized carbons (Fsp3) is 0.333. The quantitative estimate of drug-likeness (QED) is 0.132. The molecule has 0 bridgehead atoms. The maximum Gasteiger partial charge on any atom is 0.338 e. The zero-order valence-corrected chi connectivity index (χ0v) is 21.9. The second-order valence-corrected chi connectivity index (χ2v) is 10.8. The van der Waals surface area contributed by atoms with Gasteiger partial charge in [-0.05, 0) is 82.9 Å². The zero-order chi connectivity index (χ0) is 24.7. The third kappa shape index (κ3) is 4.41. The predicted molar refractivity (Wildman–Crippen MR) is 140 cm³/mol. The van der Waals surface area contributed by atoms with Crippen molar-refractivity contribution in [2.45, 2.75) is 52.0 Å². The first-order valence-electron chi connectivity index (χ1n) is 11.8. The standard InChI is InChI=1S/C27H27N3O3S2/c1-5-33-27(32)18-9-11-19(12-10-18)30-15(2)13-21(16(30)3)22(31)14-34-25-24-20-7-6-8-23(20)35-26(24)29-17(4)28-25/h9-13H,5-8,14H2,1-4H3. The number of thioether (sulfide) groups is 1. The molecule has 8 heteroatoms. The molecule has 0 radical (unpaired) electrons. The highest BCUT2D eigenvalue weighted by molar-refractivity contribution is 8.00. The molecule has 3 heterocycles. The first kappa shape index (κ1) is 23.8. The Balaban J connectivity index is 1.38. The Morgan fingerprint density at radius 3 is 2.63 bits per heavy atom. The molecule has 0 unspecified atom stereocenters. The summed E-state index contributed by atoms with van der Waals surface area (Å²) < 4.78 is 7.12. The molecule has 0 saturated carbocycles. The Kier molecular flexibility index (Phi) is 6.51. The number of nitrogens with zero attached hydrogens (tertiary/aromatic N) is 3. The fourth-order valence-corrected chi connectivity index (χ4v) is 7.14. The average molecular weight is 506 g/mol. The minimum absolute atomic E-state index is 0.0776. The highest BCUT2D eigenvalue weighted by Gasteiger charge is 2.23. The summed E-state index contributed by atoms with van der Waals surface area (Å²) in [4.78, 5) is 37.1. The van der Waals surface area contributed by atoms with Crippen molar-refractivity contribution in [3.05, 3.63) is 69.1 Å². The molecule has 0 fully saturated rings. The summed E-state index contributed by atoms with van der Waals surface area (Å²) in [6.07, 6.45) is 3.37. The lowest BCUT2D eigenvalue weighted by atomic mass is 10.2. The van der Waals surface area contributed by atoms with E-state index in [0.717, 1.165) is 51.0 Å². The number of aromatic nitrogens is 3. The molecule has 4 aromatic rings. The molecule has 3 aromatic heterocycles. The minimum atomic E-state index is -0.335. The van der Waals surface area contributed by atoms with E-state index in [1.165, 1.54) is 28.6 Å². The summed E-state index contributed by atoms with van der Waals surface area (Å²) in [5.41, 5.74) is 5.36. The van der Waals surface area contributed by atoms with E-state index in [1.807, 2.05) is 43.5 Å². The van der Waals surface area contributed by atoms with Crippen molar-refractivity contribution in [2.24, 2.45) is 0 Å². The molecule has 6 nitrogen and oxygen atoms in total. The van der Waals surface area contributed by atoms with Crippen LogP contribution in [-0.2, 0) is 17.6 Å². The Morgan fingerprint density at radius 2 is 1.89 bits per heavy atom. The summed E-state index contributed by atoms with van der Waals surface area (Å²) in [5.74, 6) is 0.811. The number of carbonyl (C=O) groups is 2. The van der Waals surface area contributed by atoms with Gasteiger partial charge in [-0.25, -0.2) is 14.8 Å². The van der Waals surface area contributed by atoms with Gasteiger partial charge in [0, 0.05) is 32.9 Å². The molecular formula is C27H27N3O3S2. The Morgan fingerprint density at radius 1 is 1.11 bits per heavy atom. The molecule has 1 aliphatic carbocycles. The fourth-order valence-electron chi connectivity index (χ4n) is 4.78. The molecule has 5 rings (SSSR count). The highest BCUT2D eigenvalue weighted by Crippen LogP contribution is 2.40. The van der Waals surface area contributed by atoms with Crippen molar-refractivity contribution in [1.29, 1.82) is 0 Å². The highest BCUT2D eigenvalue weighted by atomic mass is 32.2. The molecule has 1 aromatic carbocycles. The van der Waals surface area contributed by atoms with Crippen LogP contribution in [0, 0.1) is 20.8 Å². The number of benzene rings is 1. The van der Waals surface area contributed by atoms with Crippen molar-refractivity contribution in [3.63, 3.8) is 0 Å². The number of rotatable bonds is 7. The van der Waals surface area contributed by atoms with Crippen LogP contribution in [0.1, 0.15) is 61.7 Å². The molecule has 0 saturated heterocycles. The lowest BCUT2D eigenvalue weighted by Gasteiger charge is -2.11. The number of fused-ring (bicyclic) bond motifs is 3. The summed E-state index contributed by atoms with van der Waals surface area (Å²) in [7, 11) is 0. The molecule has 180 valence electrons. The molecule has 1 aliphatic rings. The predicted octanol–water partition coefficient (Wildman–Crippen LogP) is 6.05. The van der Waals surface area contributed by atoms with Gasteiger partial charge in [-0.2, -0.15) is 0 Å². The van der Waals surface area contributed by atoms with Crippen LogP contribution < -0.4 is 0 Å². The molecular weight excluding hydrogens is 478 g/mol. The minimum Gasteiger partial charge on any atom is -0.462 e. The molecule has 0 atom stereocenters. The first-order valence-corrected chi connectivity index (χ1v) is 13.6. The van der Waals surface area contributed by atoms with Gasteiger partial charge in [0.15, 0.2) is 5.78 Å². The smallest absolute Gasteiger partial charge is 0.338 e. The first-order chi connectivity index (χ1) is 16.9. The summed E-state index contributed by atoms with van der Waals surface area (Å²) >= 11 is 3.29. The van der Waals surface area contributed by atoms with Crippen molar-refractivity contribution in [2.75, 3.05) is 12.4 Å². The largest absolute Gasteiger partial charge is 0.462 e. The normalized spacial score (nSPS) is 12.8. The van der Waals surface area contributed by atoms with E-state index >= 15 is 0 Å². The number of Topliss-reactive ketones (excluding diaryl/α,β-unsaturated/α-hetero) is 1. The molecule has 0 amide bonds. The summed E-state index contributed by atoms with van der Waals surface area (Å²) in [6, 6.07) is 9.22.